The van der Waals surface area contributed by atoms with Crippen LogP contribution in [0.25, 0.3) is 0 Å². The minimum Gasteiger partial charge on any atom is -0.394 e. The smallest absolute Gasteiger partial charge is 0.343 e. The standard InChI is InChI=1S/C11H24O2Si/c1-5-12-14(13-6-2)10-8-7-9-11(14,3)4/h5-10H2,1-4H3. The lowest BCUT2D eigenvalue weighted by Gasteiger charge is -2.46. The molecule has 1 saturated heterocycles. The van der Waals surface area contributed by atoms with Crippen molar-refractivity contribution in [2.75, 3.05) is 13.2 Å². The first-order valence-electron chi connectivity index (χ1n) is 5.86. The van der Waals surface area contributed by atoms with E-state index in [1.807, 2.05) is 0 Å². The summed E-state index contributed by atoms with van der Waals surface area (Å²) in [5.74, 6) is 0. The molecule has 1 rings (SSSR count). The van der Waals surface area contributed by atoms with Gasteiger partial charge in [0.1, 0.15) is 0 Å². The van der Waals surface area contributed by atoms with Gasteiger partial charge in [0.05, 0.1) is 0 Å². The second kappa shape index (κ2) is 4.77. The van der Waals surface area contributed by atoms with Crippen molar-refractivity contribution in [1.82, 2.24) is 0 Å². The summed E-state index contributed by atoms with van der Waals surface area (Å²) in [7, 11) is -1.91. The van der Waals surface area contributed by atoms with Crippen LogP contribution in [0, 0.1) is 0 Å². The van der Waals surface area contributed by atoms with E-state index in [4.69, 9.17) is 8.85 Å². The Labute approximate surface area is 89.2 Å². The molecule has 0 N–H and O–H groups in total. The third-order valence-corrected chi connectivity index (χ3v) is 8.18. The first-order chi connectivity index (χ1) is 6.58. The topological polar surface area (TPSA) is 18.5 Å². The minimum absolute atomic E-state index is 0.289. The Morgan fingerprint density at radius 2 is 1.64 bits per heavy atom. The molecule has 1 heterocycles. The van der Waals surface area contributed by atoms with Gasteiger partial charge in [-0.25, -0.2) is 0 Å². The van der Waals surface area contributed by atoms with Crippen LogP contribution in [0.2, 0.25) is 11.1 Å². The fraction of sp³-hybridized carbons (Fsp3) is 1.00. The zero-order valence-corrected chi connectivity index (χ0v) is 11.1. The van der Waals surface area contributed by atoms with E-state index in [-0.39, 0.29) is 5.04 Å². The van der Waals surface area contributed by atoms with Gasteiger partial charge in [-0.2, -0.15) is 0 Å². The fourth-order valence-electron chi connectivity index (χ4n) is 2.50. The second-order valence-electron chi connectivity index (χ2n) is 4.71. The Balaban J connectivity index is 2.80. The zero-order valence-electron chi connectivity index (χ0n) is 10.1. The highest BCUT2D eigenvalue weighted by molar-refractivity contribution is 6.70. The van der Waals surface area contributed by atoms with Crippen molar-refractivity contribution >= 4 is 8.56 Å². The molecule has 0 aromatic heterocycles. The third kappa shape index (κ3) is 2.20. The molecule has 0 spiro atoms. The molecule has 0 atom stereocenters. The Morgan fingerprint density at radius 1 is 1.07 bits per heavy atom. The van der Waals surface area contributed by atoms with Gasteiger partial charge in [-0.1, -0.05) is 26.7 Å². The van der Waals surface area contributed by atoms with Crippen molar-refractivity contribution in [2.45, 2.75) is 58.0 Å². The van der Waals surface area contributed by atoms with Crippen LogP contribution >= 0.6 is 0 Å². The van der Waals surface area contributed by atoms with Crippen LogP contribution in [-0.4, -0.2) is 21.8 Å². The van der Waals surface area contributed by atoms with Crippen LogP contribution in [0.1, 0.15) is 47.0 Å². The highest BCUT2D eigenvalue weighted by Gasteiger charge is 2.52. The quantitative estimate of drug-likeness (QED) is 0.670. The maximum Gasteiger partial charge on any atom is 0.343 e. The SMILES string of the molecule is CCO[Si]1(OCC)CCCCC1(C)C. The molecule has 0 aromatic rings. The molecular formula is C11H24O2Si. The van der Waals surface area contributed by atoms with Gasteiger partial charge < -0.3 is 8.85 Å². The molecule has 1 aliphatic rings. The highest BCUT2D eigenvalue weighted by atomic mass is 28.4. The van der Waals surface area contributed by atoms with E-state index in [1.165, 1.54) is 25.3 Å². The number of rotatable bonds is 4. The molecule has 0 aromatic carbocycles. The van der Waals surface area contributed by atoms with Crippen LogP contribution in [-0.2, 0) is 8.85 Å². The van der Waals surface area contributed by atoms with Gasteiger partial charge in [-0.05, 0) is 26.3 Å². The highest BCUT2D eigenvalue weighted by Crippen LogP contribution is 2.49. The summed E-state index contributed by atoms with van der Waals surface area (Å²) in [6.07, 6.45) is 3.89. The first-order valence-corrected chi connectivity index (χ1v) is 7.88. The zero-order chi connectivity index (χ0) is 10.7. The monoisotopic (exact) mass is 216 g/mol. The molecule has 0 amide bonds. The van der Waals surface area contributed by atoms with Crippen LogP contribution in [0.5, 0.6) is 0 Å². The summed E-state index contributed by atoms with van der Waals surface area (Å²) in [6, 6.07) is 1.18. The van der Waals surface area contributed by atoms with E-state index in [1.54, 1.807) is 0 Å². The molecule has 84 valence electrons. The molecule has 2 nitrogen and oxygen atoms in total. The van der Waals surface area contributed by atoms with Crippen LogP contribution < -0.4 is 0 Å². The van der Waals surface area contributed by atoms with Gasteiger partial charge in [0.15, 0.2) is 0 Å². The lowest BCUT2D eigenvalue weighted by Crippen LogP contribution is -2.53. The van der Waals surface area contributed by atoms with Crippen LogP contribution in [0.15, 0.2) is 0 Å². The van der Waals surface area contributed by atoms with Gasteiger partial charge in [-0.3, -0.25) is 0 Å². The lowest BCUT2D eigenvalue weighted by molar-refractivity contribution is 0.145. The lowest BCUT2D eigenvalue weighted by atomic mass is 10.1. The molecule has 0 aliphatic carbocycles. The summed E-state index contributed by atoms with van der Waals surface area (Å²) in [6.45, 7) is 10.4. The summed E-state index contributed by atoms with van der Waals surface area (Å²) < 4.78 is 12.1. The number of hydrogen-bond acceptors (Lipinski definition) is 2. The van der Waals surface area contributed by atoms with E-state index in [0.717, 1.165) is 13.2 Å². The van der Waals surface area contributed by atoms with Gasteiger partial charge in [-0.15, -0.1) is 0 Å². The maximum absolute atomic E-state index is 6.04. The fourth-order valence-corrected chi connectivity index (χ4v) is 6.53. The maximum atomic E-state index is 6.04. The van der Waals surface area contributed by atoms with Crippen molar-refractivity contribution in [3.05, 3.63) is 0 Å². The van der Waals surface area contributed by atoms with E-state index in [9.17, 15) is 0 Å². The molecule has 3 heteroatoms. The van der Waals surface area contributed by atoms with E-state index < -0.39 is 8.56 Å². The van der Waals surface area contributed by atoms with Crippen LogP contribution in [0.4, 0.5) is 0 Å². The van der Waals surface area contributed by atoms with Crippen molar-refractivity contribution in [3.8, 4) is 0 Å². The van der Waals surface area contributed by atoms with E-state index in [0.29, 0.717) is 0 Å². The molecule has 0 bridgehead atoms. The first kappa shape index (κ1) is 12.2. The molecule has 1 fully saturated rings. The molecule has 1 aliphatic heterocycles. The van der Waals surface area contributed by atoms with E-state index >= 15 is 0 Å². The average molecular weight is 216 g/mol. The molecular weight excluding hydrogens is 192 g/mol. The summed E-state index contributed by atoms with van der Waals surface area (Å²) in [4.78, 5) is 0. The van der Waals surface area contributed by atoms with Crippen molar-refractivity contribution in [2.24, 2.45) is 0 Å². The van der Waals surface area contributed by atoms with Gasteiger partial charge in [0.2, 0.25) is 0 Å². The Morgan fingerprint density at radius 3 is 2.07 bits per heavy atom. The summed E-state index contributed by atoms with van der Waals surface area (Å²) in [5.41, 5.74) is 0. The summed E-state index contributed by atoms with van der Waals surface area (Å²) in [5, 5.41) is 0.289. The number of hydrogen-bond donors (Lipinski definition) is 0. The van der Waals surface area contributed by atoms with Crippen molar-refractivity contribution in [1.29, 1.82) is 0 Å². The largest absolute Gasteiger partial charge is 0.394 e. The predicted molar refractivity (Wildman–Crippen MR) is 61.7 cm³/mol. The van der Waals surface area contributed by atoms with E-state index in [2.05, 4.69) is 27.7 Å². The molecule has 0 unspecified atom stereocenters. The molecule has 0 radical (unpaired) electrons. The minimum atomic E-state index is -1.91. The van der Waals surface area contributed by atoms with Crippen LogP contribution in [0.3, 0.4) is 0 Å². The second-order valence-corrected chi connectivity index (χ2v) is 8.65. The molecule has 0 saturated carbocycles. The predicted octanol–water partition coefficient (Wildman–Crippen LogP) is 3.47. The average Bonchev–Trinajstić information content (AvgIpc) is 2.11. The summed E-state index contributed by atoms with van der Waals surface area (Å²) >= 11 is 0. The van der Waals surface area contributed by atoms with Gasteiger partial charge >= 0.3 is 8.56 Å². The normalized spacial score (nSPS) is 24.9. The Bertz CT molecular complexity index is 169. The van der Waals surface area contributed by atoms with Crippen molar-refractivity contribution < 1.29 is 8.85 Å². The third-order valence-electron chi connectivity index (χ3n) is 3.34. The van der Waals surface area contributed by atoms with Gasteiger partial charge in [0, 0.05) is 18.3 Å². The van der Waals surface area contributed by atoms with Gasteiger partial charge in [0.25, 0.3) is 0 Å². The Hall–Kier alpha value is 0.137. The molecule has 14 heavy (non-hydrogen) atoms. The van der Waals surface area contributed by atoms with Crippen molar-refractivity contribution in [3.63, 3.8) is 0 Å². The Kier molecular flexibility index (Phi) is 4.16.